The van der Waals surface area contributed by atoms with Crippen LogP contribution in [0.25, 0.3) is 11.3 Å². The molecule has 3 aromatic rings. The van der Waals surface area contributed by atoms with Crippen molar-refractivity contribution < 1.29 is 28.6 Å². The van der Waals surface area contributed by atoms with Crippen LogP contribution in [0.2, 0.25) is 0 Å². The number of anilines is 1. The molecule has 4 rings (SSSR count). The van der Waals surface area contributed by atoms with Gasteiger partial charge in [0, 0.05) is 29.3 Å². The van der Waals surface area contributed by atoms with Crippen molar-refractivity contribution in [2.75, 3.05) is 5.32 Å². The second-order valence-electron chi connectivity index (χ2n) is 6.69. The molecule has 0 spiro atoms. The highest BCUT2D eigenvalue weighted by Gasteiger charge is 2.51. The monoisotopic (exact) mass is 445 g/mol. The summed E-state index contributed by atoms with van der Waals surface area (Å²) >= 11 is 1.17. The minimum absolute atomic E-state index is 0.0955. The smallest absolute Gasteiger partial charge is 0.336 e. The number of nitrogens with one attached hydrogen (secondary N) is 3. The quantitative estimate of drug-likeness (QED) is 0.380. The van der Waals surface area contributed by atoms with Gasteiger partial charge in [0.2, 0.25) is 5.91 Å². The second-order valence-corrected chi connectivity index (χ2v) is 7.55. The van der Waals surface area contributed by atoms with E-state index < -0.39 is 36.0 Å². The largest absolute Gasteiger partial charge is 0.479 e. The van der Waals surface area contributed by atoms with E-state index in [0.717, 1.165) is 0 Å². The fourth-order valence-corrected chi connectivity index (χ4v) is 3.58. The number of aromatic amines is 1. The first-order valence-corrected chi connectivity index (χ1v) is 9.97. The van der Waals surface area contributed by atoms with Crippen LogP contribution < -0.4 is 10.6 Å². The van der Waals surface area contributed by atoms with E-state index in [-0.39, 0.29) is 12.2 Å². The number of carboxylic acids is 1. The number of aromatic nitrogens is 3. The zero-order valence-corrected chi connectivity index (χ0v) is 16.6. The third-order valence-corrected chi connectivity index (χ3v) is 5.24. The lowest BCUT2D eigenvalue weighted by Gasteiger charge is -2.16. The normalized spacial score (nSPS) is 18.2. The van der Waals surface area contributed by atoms with Crippen LogP contribution >= 0.6 is 11.3 Å². The number of rotatable bonds is 8. The zero-order valence-electron chi connectivity index (χ0n) is 15.7. The average Bonchev–Trinajstić information content (AvgIpc) is 3.15. The lowest BCUT2D eigenvalue weighted by Crippen LogP contribution is -2.47. The fourth-order valence-electron chi connectivity index (χ4n) is 2.86. The van der Waals surface area contributed by atoms with Gasteiger partial charge in [-0.05, 0) is 24.3 Å². The van der Waals surface area contributed by atoms with Gasteiger partial charge in [0.15, 0.2) is 17.3 Å². The molecule has 160 valence electrons. The molecule has 2 amide bonds. The van der Waals surface area contributed by atoms with Gasteiger partial charge in [0.1, 0.15) is 11.9 Å². The molecule has 3 heterocycles. The van der Waals surface area contributed by atoms with Crippen molar-refractivity contribution in [1.82, 2.24) is 20.3 Å². The molecule has 1 fully saturated rings. The predicted octanol–water partition coefficient (Wildman–Crippen LogP) is 1.19. The van der Waals surface area contributed by atoms with Gasteiger partial charge in [-0.3, -0.25) is 9.59 Å². The third-order valence-electron chi connectivity index (χ3n) is 4.48. The van der Waals surface area contributed by atoms with Crippen LogP contribution in [0, 0.1) is 5.82 Å². The number of nitrogens with zero attached hydrogens (tertiary/aromatic N) is 2. The summed E-state index contributed by atoms with van der Waals surface area (Å²) in [6.07, 6.45) is 0.688. The topological polar surface area (TPSA) is 150 Å². The number of imidazole rings is 1. The molecule has 10 nitrogen and oxygen atoms in total. The Morgan fingerprint density at radius 2 is 2.03 bits per heavy atom. The first-order chi connectivity index (χ1) is 14.9. The highest BCUT2D eigenvalue weighted by atomic mass is 32.1. The molecule has 4 N–H and O–H groups in total. The van der Waals surface area contributed by atoms with E-state index in [9.17, 15) is 18.8 Å². The zero-order chi connectivity index (χ0) is 22.0. The lowest BCUT2D eigenvalue weighted by atomic mass is 10.1. The highest BCUT2D eigenvalue weighted by molar-refractivity contribution is 7.14. The lowest BCUT2D eigenvalue weighted by molar-refractivity contribution is -0.138. The number of hydrogen-bond acceptors (Lipinski definition) is 7. The van der Waals surface area contributed by atoms with Gasteiger partial charge in [-0.15, -0.1) is 11.3 Å². The Balaban J connectivity index is 1.45. The molecule has 0 aliphatic carbocycles. The number of aliphatic carboxylic acids is 1. The summed E-state index contributed by atoms with van der Waals surface area (Å²) in [6, 6.07) is 4.75. The number of amides is 2. The number of carbonyl (C=O) groups excluding carboxylic acids is 2. The maximum absolute atomic E-state index is 13.1. The van der Waals surface area contributed by atoms with Crippen molar-refractivity contribution in [1.29, 1.82) is 0 Å². The number of epoxide rings is 1. The Labute approximate surface area is 178 Å². The SMILES string of the molecule is O=C(Nc1nc(-c2ccc(F)cc2)cs1)C(Cc1cnc[nH]1)NC(=O)[C@@H]1O[C@H]1C(=O)O. The number of thiazole rings is 1. The molecule has 1 aliphatic rings. The highest BCUT2D eigenvalue weighted by Crippen LogP contribution is 2.26. The van der Waals surface area contributed by atoms with Crippen LogP contribution in [0.4, 0.5) is 9.52 Å². The average molecular weight is 445 g/mol. The Morgan fingerprint density at radius 1 is 1.26 bits per heavy atom. The molecule has 1 aromatic carbocycles. The van der Waals surface area contributed by atoms with Crippen molar-refractivity contribution in [2.24, 2.45) is 0 Å². The van der Waals surface area contributed by atoms with Crippen molar-refractivity contribution in [3.8, 4) is 11.3 Å². The summed E-state index contributed by atoms with van der Waals surface area (Å²) in [5, 5.41) is 16.1. The Morgan fingerprint density at radius 3 is 2.68 bits per heavy atom. The Hall–Kier alpha value is -3.64. The summed E-state index contributed by atoms with van der Waals surface area (Å²) in [4.78, 5) is 47.1. The van der Waals surface area contributed by atoms with E-state index in [1.807, 2.05) is 0 Å². The van der Waals surface area contributed by atoms with Crippen LogP contribution in [-0.2, 0) is 25.5 Å². The number of halogens is 1. The van der Waals surface area contributed by atoms with E-state index in [1.54, 1.807) is 17.5 Å². The van der Waals surface area contributed by atoms with Crippen molar-refractivity contribution >= 4 is 34.3 Å². The van der Waals surface area contributed by atoms with Gasteiger partial charge < -0.3 is 25.5 Å². The minimum atomic E-state index is -1.24. The van der Waals surface area contributed by atoms with Crippen molar-refractivity contribution in [3.63, 3.8) is 0 Å². The Kier molecular flexibility index (Phi) is 5.73. The summed E-state index contributed by atoms with van der Waals surface area (Å²) in [7, 11) is 0. The molecular formula is C19H16FN5O5S. The predicted molar refractivity (Wildman–Crippen MR) is 107 cm³/mol. The second kappa shape index (κ2) is 8.62. The van der Waals surface area contributed by atoms with Gasteiger partial charge in [-0.25, -0.2) is 19.2 Å². The van der Waals surface area contributed by atoms with Gasteiger partial charge in [0.05, 0.1) is 12.0 Å². The van der Waals surface area contributed by atoms with E-state index in [1.165, 1.54) is 36.0 Å². The number of H-pyrrole nitrogens is 1. The molecule has 0 radical (unpaired) electrons. The Bertz CT molecular complexity index is 1100. The number of hydrogen-bond donors (Lipinski definition) is 4. The molecule has 1 unspecified atom stereocenters. The van der Waals surface area contributed by atoms with Crippen LogP contribution in [-0.4, -0.2) is 56.1 Å². The molecule has 0 bridgehead atoms. The summed E-state index contributed by atoms with van der Waals surface area (Å²) in [5.74, 6) is -2.85. The van der Waals surface area contributed by atoms with Crippen LogP contribution in [0.3, 0.4) is 0 Å². The molecule has 1 aliphatic heterocycles. The van der Waals surface area contributed by atoms with Gasteiger partial charge >= 0.3 is 5.97 Å². The van der Waals surface area contributed by atoms with E-state index >= 15 is 0 Å². The van der Waals surface area contributed by atoms with Crippen LogP contribution in [0.1, 0.15) is 5.69 Å². The van der Waals surface area contributed by atoms with Crippen molar-refractivity contribution in [2.45, 2.75) is 24.7 Å². The summed E-state index contributed by atoms with van der Waals surface area (Å²) in [5.41, 5.74) is 1.84. The number of ether oxygens (including phenoxy) is 1. The van der Waals surface area contributed by atoms with Gasteiger partial charge in [-0.2, -0.15) is 0 Å². The van der Waals surface area contributed by atoms with Crippen LogP contribution in [0.15, 0.2) is 42.2 Å². The van der Waals surface area contributed by atoms with E-state index in [4.69, 9.17) is 9.84 Å². The van der Waals surface area contributed by atoms with Gasteiger partial charge in [0.25, 0.3) is 5.91 Å². The maximum Gasteiger partial charge on any atom is 0.336 e. The third kappa shape index (κ3) is 4.92. The summed E-state index contributed by atoms with van der Waals surface area (Å²) < 4.78 is 17.9. The number of carboxylic acid groups (broad SMARTS) is 1. The van der Waals surface area contributed by atoms with Gasteiger partial charge in [-0.1, -0.05) is 0 Å². The molecule has 1 saturated heterocycles. The molecule has 2 aromatic heterocycles. The maximum atomic E-state index is 13.1. The first kappa shape index (κ1) is 20.6. The van der Waals surface area contributed by atoms with E-state index in [0.29, 0.717) is 22.1 Å². The van der Waals surface area contributed by atoms with E-state index in [2.05, 4.69) is 25.6 Å². The molecule has 12 heteroatoms. The molecule has 31 heavy (non-hydrogen) atoms. The molecule has 0 saturated carbocycles. The first-order valence-electron chi connectivity index (χ1n) is 9.09. The van der Waals surface area contributed by atoms with Crippen LogP contribution in [0.5, 0.6) is 0 Å². The molecular weight excluding hydrogens is 429 g/mol. The minimum Gasteiger partial charge on any atom is -0.479 e. The molecule has 3 atom stereocenters. The van der Waals surface area contributed by atoms with Crippen molar-refractivity contribution in [3.05, 3.63) is 53.7 Å². The standard InChI is InChI=1S/C19H16FN5O5S/c20-10-3-1-9(2-4-10)13-7-31-19(24-13)25-16(26)12(5-11-6-21-8-22-11)23-17(27)14-15(30-14)18(28)29/h1-4,6-8,12,14-15H,5H2,(H,21,22)(H,23,27)(H,28,29)(H,24,25,26)/t12?,14-,15-/m1/s1. The number of carbonyl (C=O) groups is 3. The summed E-state index contributed by atoms with van der Waals surface area (Å²) in [6.45, 7) is 0. The fraction of sp³-hybridized carbons (Fsp3) is 0.211. The number of benzene rings is 1.